The Hall–Kier alpha value is 0.195. The quantitative estimate of drug-likeness (QED) is 0.409. The number of halogens is 1. The van der Waals surface area contributed by atoms with Gasteiger partial charge in [0.15, 0.2) is 0 Å². The Morgan fingerprint density at radius 2 is 1.22 bits per heavy atom. The standard InChI is InChI=1S/C20H30BrP.B/c1-15-13-19(21)20(14-16(15)2)22(17-9-5-3-6-10-17)18-11-7-4-8-12-18;/h13-14,17-18H,3-12H2,1-2H3;. The molecule has 2 saturated carbocycles. The summed E-state index contributed by atoms with van der Waals surface area (Å²) in [5.74, 6) is 0. The molecule has 2 aliphatic rings. The smallest absolute Gasteiger partial charge is 0.0255 e. The van der Waals surface area contributed by atoms with Gasteiger partial charge in [0.25, 0.3) is 0 Å². The van der Waals surface area contributed by atoms with Crippen molar-refractivity contribution < 1.29 is 0 Å². The average molecular weight is 392 g/mol. The van der Waals surface area contributed by atoms with Gasteiger partial charge in [0.2, 0.25) is 0 Å². The summed E-state index contributed by atoms with van der Waals surface area (Å²) in [7, 11) is 0.0116. The van der Waals surface area contributed by atoms with E-state index in [-0.39, 0.29) is 16.3 Å². The highest BCUT2D eigenvalue weighted by Gasteiger charge is 2.33. The molecule has 0 bridgehead atoms. The third-order valence-corrected chi connectivity index (χ3v) is 10.3. The zero-order valence-electron chi connectivity index (χ0n) is 14.8. The van der Waals surface area contributed by atoms with Crippen LogP contribution < -0.4 is 5.30 Å². The molecule has 23 heavy (non-hydrogen) atoms. The first-order chi connectivity index (χ1) is 10.7. The van der Waals surface area contributed by atoms with Crippen LogP contribution >= 0.6 is 23.9 Å². The van der Waals surface area contributed by atoms with Crippen LogP contribution in [-0.2, 0) is 0 Å². The molecule has 0 saturated heterocycles. The summed E-state index contributed by atoms with van der Waals surface area (Å²) in [6.07, 6.45) is 14.8. The molecular formula is C20H30BBrP. The predicted octanol–water partition coefficient (Wildman–Crippen LogP) is 6.46. The zero-order valence-corrected chi connectivity index (χ0v) is 17.3. The Morgan fingerprint density at radius 3 is 1.70 bits per heavy atom. The van der Waals surface area contributed by atoms with E-state index < -0.39 is 0 Å². The first kappa shape index (κ1) is 19.5. The van der Waals surface area contributed by atoms with Crippen LogP contribution in [-0.4, -0.2) is 19.7 Å². The molecule has 0 atom stereocenters. The summed E-state index contributed by atoms with van der Waals surface area (Å²) in [4.78, 5) is 0. The summed E-state index contributed by atoms with van der Waals surface area (Å²) in [6, 6.07) is 4.92. The molecule has 0 spiro atoms. The van der Waals surface area contributed by atoms with E-state index in [9.17, 15) is 0 Å². The molecule has 125 valence electrons. The first-order valence-corrected chi connectivity index (χ1v) is 11.5. The lowest BCUT2D eigenvalue weighted by Crippen LogP contribution is -2.27. The fourth-order valence-corrected chi connectivity index (χ4v) is 9.33. The fraction of sp³-hybridized carbons (Fsp3) is 0.700. The maximum Gasteiger partial charge on any atom is 0.0255 e. The molecule has 2 fully saturated rings. The average Bonchev–Trinajstić information content (AvgIpc) is 2.55. The molecule has 1 aromatic rings. The maximum atomic E-state index is 3.93. The molecule has 0 unspecified atom stereocenters. The van der Waals surface area contributed by atoms with Crippen LogP contribution in [0.15, 0.2) is 16.6 Å². The molecule has 3 heteroatoms. The van der Waals surface area contributed by atoms with Gasteiger partial charge in [-0.25, -0.2) is 0 Å². The minimum absolute atomic E-state index is 0. The summed E-state index contributed by atoms with van der Waals surface area (Å²) in [5, 5.41) is 1.69. The third kappa shape index (κ3) is 4.63. The van der Waals surface area contributed by atoms with Crippen molar-refractivity contribution in [1.29, 1.82) is 0 Å². The van der Waals surface area contributed by atoms with Gasteiger partial charge in [-0.1, -0.05) is 68.4 Å². The lowest BCUT2D eigenvalue weighted by molar-refractivity contribution is 0.487. The zero-order chi connectivity index (χ0) is 15.5. The van der Waals surface area contributed by atoms with Gasteiger partial charge < -0.3 is 0 Å². The maximum absolute atomic E-state index is 3.93. The lowest BCUT2D eigenvalue weighted by atomic mass is 9.99. The second-order valence-electron chi connectivity index (χ2n) is 7.38. The van der Waals surface area contributed by atoms with E-state index in [0.29, 0.717) is 0 Å². The van der Waals surface area contributed by atoms with Crippen molar-refractivity contribution in [2.24, 2.45) is 0 Å². The molecule has 2 aliphatic carbocycles. The van der Waals surface area contributed by atoms with Gasteiger partial charge in [0, 0.05) is 12.9 Å². The van der Waals surface area contributed by atoms with Crippen LogP contribution in [0.4, 0.5) is 0 Å². The van der Waals surface area contributed by atoms with Gasteiger partial charge in [-0.05, 0) is 73.3 Å². The van der Waals surface area contributed by atoms with Gasteiger partial charge in [0.1, 0.15) is 0 Å². The van der Waals surface area contributed by atoms with E-state index >= 15 is 0 Å². The minimum Gasteiger partial charge on any atom is -0.0677 e. The van der Waals surface area contributed by atoms with Gasteiger partial charge >= 0.3 is 0 Å². The summed E-state index contributed by atoms with van der Waals surface area (Å²) in [5.41, 5.74) is 4.89. The van der Waals surface area contributed by atoms with Crippen molar-refractivity contribution in [2.45, 2.75) is 89.4 Å². The van der Waals surface area contributed by atoms with Gasteiger partial charge in [-0.2, -0.15) is 0 Å². The van der Waals surface area contributed by atoms with Gasteiger partial charge in [0.05, 0.1) is 0 Å². The number of aryl methyl sites for hydroxylation is 2. The molecule has 0 N–H and O–H groups in total. The Morgan fingerprint density at radius 1 is 0.783 bits per heavy atom. The van der Waals surface area contributed by atoms with Crippen LogP contribution in [0.3, 0.4) is 0 Å². The van der Waals surface area contributed by atoms with Crippen LogP contribution in [0.2, 0.25) is 0 Å². The first-order valence-electron chi connectivity index (χ1n) is 9.22. The van der Waals surface area contributed by atoms with Crippen LogP contribution in [0.25, 0.3) is 0 Å². The molecule has 1 aromatic carbocycles. The molecular weight excluding hydrogens is 362 g/mol. The third-order valence-electron chi connectivity index (χ3n) is 5.78. The number of hydrogen-bond acceptors (Lipinski definition) is 0. The van der Waals surface area contributed by atoms with E-state index in [1.807, 2.05) is 0 Å². The van der Waals surface area contributed by atoms with Crippen LogP contribution in [0.1, 0.15) is 75.3 Å². The molecule has 0 nitrogen and oxygen atoms in total. The summed E-state index contributed by atoms with van der Waals surface area (Å²) < 4.78 is 1.40. The highest BCUT2D eigenvalue weighted by atomic mass is 79.9. The van der Waals surface area contributed by atoms with E-state index in [1.165, 1.54) is 79.8 Å². The number of benzene rings is 1. The van der Waals surface area contributed by atoms with Crippen molar-refractivity contribution >= 4 is 37.6 Å². The number of hydrogen-bond donors (Lipinski definition) is 0. The molecule has 0 amide bonds. The molecule has 3 rings (SSSR count). The van der Waals surface area contributed by atoms with E-state index in [0.717, 1.165) is 11.3 Å². The Labute approximate surface area is 154 Å². The normalized spacial score (nSPS) is 20.5. The van der Waals surface area contributed by atoms with Gasteiger partial charge in [-0.3, -0.25) is 0 Å². The fourth-order valence-electron chi connectivity index (χ4n) is 4.37. The predicted molar refractivity (Wildman–Crippen MR) is 110 cm³/mol. The second kappa shape index (κ2) is 9.05. The SMILES string of the molecule is Cc1cc(Br)c(P(C2CCCCC2)C2CCCCC2)cc1C.[B]. The van der Waals surface area contributed by atoms with E-state index in [2.05, 4.69) is 41.9 Å². The van der Waals surface area contributed by atoms with E-state index in [4.69, 9.17) is 0 Å². The topological polar surface area (TPSA) is 0 Å². The highest BCUT2D eigenvalue weighted by Crippen LogP contribution is 2.56. The Bertz CT molecular complexity index is 487. The van der Waals surface area contributed by atoms with Gasteiger partial charge in [-0.15, -0.1) is 0 Å². The van der Waals surface area contributed by atoms with Crippen molar-refractivity contribution in [3.05, 3.63) is 27.7 Å². The molecule has 3 radical (unpaired) electrons. The van der Waals surface area contributed by atoms with E-state index in [1.54, 1.807) is 5.30 Å². The molecule has 0 aliphatic heterocycles. The minimum atomic E-state index is 0. The van der Waals surface area contributed by atoms with Crippen molar-refractivity contribution in [2.75, 3.05) is 0 Å². The van der Waals surface area contributed by atoms with Crippen LogP contribution in [0, 0.1) is 13.8 Å². The Balaban J connectivity index is 0.00000192. The summed E-state index contributed by atoms with van der Waals surface area (Å²) >= 11 is 3.93. The monoisotopic (exact) mass is 391 g/mol. The highest BCUT2D eigenvalue weighted by molar-refractivity contribution is 9.10. The summed E-state index contributed by atoms with van der Waals surface area (Å²) in [6.45, 7) is 4.54. The number of rotatable bonds is 3. The largest absolute Gasteiger partial charge is 0.0677 e. The lowest BCUT2D eigenvalue weighted by Gasteiger charge is -2.39. The van der Waals surface area contributed by atoms with Crippen LogP contribution in [0.5, 0.6) is 0 Å². The second-order valence-corrected chi connectivity index (χ2v) is 11.0. The molecule has 0 heterocycles. The van der Waals surface area contributed by atoms with Crippen molar-refractivity contribution in [3.8, 4) is 0 Å². The molecule has 0 aromatic heterocycles. The Kier molecular flexibility index (Phi) is 7.68. The van der Waals surface area contributed by atoms with Crippen molar-refractivity contribution in [1.82, 2.24) is 0 Å². The van der Waals surface area contributed by atoms with Crippen molar-refractivity contribution in [3.63, 3.8) is 0 Å².